The maximum absolute atomic E-state index is 12.1. The molecule has 3 rings (SSSR count). The van der Waals surface area contributed by atoms with E-state index >= 15 is 0 Å². The van der Waals surface area contributed by atoms with Gasteiger partial charge in [-0.2, -0.15) is 0 Å². The third-order valence-electron chi connectivity index (χ3n) is 4.60. The first-order chi connectivity index (χ1) is 7.83. The maximum Gasteiger partial charge on any atom is 0.317 e. The second-order valence-corrected chi connectivity index (χ2v) is 5.77. The fourth-order valence-electron chi connectivity index (χ4n) is 3.68. The molecule has 2 atom stereocenters. The molecule has 1 N–H and O–H groups in total. The summed E-state index contributed by atoms with van der Waals surface area (Å²) in [5.74, 6) is 0.808. The number of carbonyl (C=O) groups is 1. The predicted octanol–water partition coefficient (Wildman–Crippen LogP) is 2.51. The highest BCUT2D eigenvalue weighted by Crippen LogP contribution is 2.37. The number of urea groups is 1. The van der Waals surface area contributed by atoms with E-state index in [9.17, 15) is 4.79 Å². The summed E-state index contributed by atoms with van der Waals surface area (Å²) in [5, 5.41) is 3.23. The van der Waals surface area contributed by atoms with Gasteiger partial charge in [0.25, 0.3) is 0 Å². The van der Waals surface area contributed by atoms with Gasteiger partial charge < -0.3 is 10.2 Å². The standard InChI is InChI=1S/C13H22N2O/c16-13(14-11-4-2-1-3-5-11)15-9-10-6-7-12(15)8-10/h10-12H,1-9H2,(H,14,16). The molecule has 0 aromatic heterocycles. The number of nitrogens with one attached hydrogen (secondary N) is 1. The highest BCUT2D eigenvalue weighted by molar-refractivity contribution is 5.75. The number of nitrogens with zero attached hydrogens (tertiary/aromatic N) is 1. The van der Waals surface area contributed by atoms with Crippen molar-refractivity contribution in [2.75, 3.05) is 6.54 Å². The van der Waals surface area contributed by atoms with Crippen molar-refractivity contribution in [3.63, 3.8) is 0 Å². The van der Waals surface area contributed by atoms with Gasteiger partial charge in [-0.25, -0.2) is 4.79 Å². The Kier molecular flexibility index (Phi) is 2.78. The Balaban J connectivity index is 1.53. The Morgan fingerprint density at radius 1 is 1.06 bits per heavy atom. The summed E-state index contributed by atoms with van der Waals surface area (Å²) < 4.78 is 0. The van der Waals surface area contributed by atoms with Crippen molar-refractivity contribution in [3.8, 4) is 0 Å². The number of amides is 2. The first kappa shape index (κ1) is 10.4. The topological polar surface area (TPSA) is 32.3 Å². The van der Waals surface area contributed by atoms with Crippen LogP contribution in [0.3, 0.4) is 0 Å². The lowest BCUT2D eigenvalue weighted by molar-refractivity contribution is 0.174. The quantitative estimate of drug-likeness (QED) is 0.726. The van der Waals surface area contributed by atoms with Gasteiger partial charge in [0.05, 0.1) is 0 Å². The zero-order valence-corrected chi connectivity index (χ0v) is 9.95. The van der Waals surface area contributed by atoms with Crippen molar-refractivity contribution in [1.82, 2.24) is 10.2 Å². The Hall–Kier alpha value is -0.730. The van der Waals surface area contributed by atoms with Gasteiger partial charge in [-0.15, -0.1) is 0 Å². The zero-order chi connectivity index (χ0) is 11.0. The molecule has 3 fully saturated rings. The minimum absolute atomic E-state index is 0.221. The number of piperidine rings is 1. The smallest absolute Gasteiger partial charge is 0.317 e. The van der Waals surface area contributed by atoms with Crippen molar-refractivity contribution < 1.29 is 4.79 Å². The molecular formula is C13H22N2O. The van der Waals surface area contributed by atoms with Crippen LogP contribution >= 0.6 is 0 Å². The molecule has 2 bridgehead atoms. The molecule has 3 nitrogen and oxygen atoms in total. The normalized spacial score (nSPS) is 34.4. The van der Waals surface area contributed by atoms with Crippen molar-refractivity contribution in [2.24, 2.45) is 5.92 Å². The molecule has 16 heavy (non-hydrogen) atoms. The van der Waals surface area contributed by atoms with Crippen LogP contribution in [0, 0.1) is 5.92 Å². The van der Waals surface area contributed by atoms with Crippen LogP contribution in [0.5, 0.6) is 0 Å². The highest BCUT2D eigenvalue weighted by Gasteiger charge is 2.40. The molecule has 2 aliphatic carbocycles. The summed E-state index contributed by atoms with van der Waals surface area (Å²) >= 11 is 0. The second kappa shape index (κ2) is 4.27. The van der Waals surface area contributed by atoms with Crippen LogP contribution in [-0.4, -0.2) is 29.6 Å². The van der Waals surface area contributed by atoms with E-state index in [4.69, 9.17) is 0 Å². The average molecular weight is 222 g/mol. The summed E-state index contributed by atoms with van der Waals surface area (Å²) in [4.78, 5) is 14.2. The number of carbonyl (C=O) groups excluding carboxylic acids is 1. The van der Waals surface area contributed by atoms with E-state index in [1.807, 2.05) is 0 Å². The van der Waals surface area contributed by atoms with Gasteiger partial charge in [0.1, 0.15) is 0 Å². The third kappa shape index (κ3) is 1.92. The molecule has 3 heteroatoms. The molecule has 2 saturated carbocycles. The molecule has 0 aromatic rings. The van der Waals surface area contributed by atoms with E-state index in [1.165, 1.54) is 51.4 Å². The first-order valence-electron chi connectivity index (χ1n) is 6.90. The molecule has 0 radical (unpaired) electrons. The lowest BCUT2D eigenvalue weighted by Crippen LogP contribution is -2.48. The van der Waals surface area contributed by atoms with E-state index in [2.05, 4.69) is 10.2 Å². The van der Waals surface area contributed by atoms with Gasteiger partial charge in [-0.05, 0) is 38.0 Å². The summed E-state index contributed by atoms with van der Waals surface area (Å²) in [6.45, 7) is 1.02. The predicted molar refractivity (Wildman–Crippen MR) is 63.2 cm³/mol. The van der Waals surface area contributed by atoms with Gasteiger partial charge in [-0.3, -0.25) is 0 Å². The van der Waals surface area contributed by atoms with Gasteiger partial charge in [0.15, 0.2) is 0 Å². The van der Waals surface area contributed by atoms with Gasteiger partial charge >= 0.3 is 6.03 Å². The van der Waals surface area contributed by atoms with Crippen molar-refractivity contribution in [2.45, 2.75) is 63.5 Å². The Morgan fingerprint density at radius 2 is 1.88 bits per heavy atom. The molecule has 1 heterocycles. The fourth-order valence-corrected chi connectivity index (χ4v) is 3.68. The van der Waals surface area contributed by atoms with E-state index in [-0.39, 0.29) is 6.03 Å². The molecule has 2 unspecified atom stereocenters. The highest BCUT2D eigenvalue weighted by atomic mass is 16.2. The molecule has 1 aliphatic heterocycles. The Labute approximate surface area is 97.6 Å². The Bertz CT molecular complexity index is 273. The van der Waals surface area contributed by atoms with Gasteiger partial charge in [-0.1, -0.05) is 19.3 Å². The molecule has 0 aromatic carbocycles. The molecule has 2 amide bonds. The van der Waals surface area contributed by atoms with E-state index < -0.39 is 0 Å². The molecule has 0 spiro atoms. The lowest BCUT2D eigenvalue weighted by atomic mass is 9.96. The number of hydrogen-bond donors (Lipinski definition) is 1. The van der Waals surface area contributed by atoms with E-state index in [0.717, 1.165) is 12.5 Å². The van der Waals surface area contributed by atoms with Crippen molar-refractivity contribution in [1.29, 1.82) is 0 Å². The molecule has 90 valence electrons. The van der Waals surface area contributed by atoms with Crippen LogP contribution < -0.4 is 5.32 Å². The fraction of sp³-hybridized carbons (Fsp3) is 0.923. The maximum atomic E-state index is 12.1. The third-order valence-corrected chi connectivity index (χ3v) is 4.60. The van der Waals surface area contributed by atoms with E-state index in [1.54, 1.807) is 0 Å². The summed E-state index contributed by atoms with van der Waals surface area (Å²) in [6.07, 6.45) is 10.1. The number of rotatable bonds is 1. The van der Waals surface area contributed by atoms with Crippen LogP contribution in [-0.2, 0) is 0 Å². The van der Waals surface area contributed by atoms with Crippen LogP contribution in [0.1, 0.15) is 51.4 Å². The summed E-state index contributed by atoms with van der Waals surface area (Å²) in [7, 11) is 0. The molecule has 1 saturated heterocycles. The van der Waals surface area contributed by atoms with Gasteiger partial charge in [0.2, 0.25) is 0 Å². The monoisotopic (exact) mass is 222 g/mol. The van der Waals surface area contributed by atoms with Crippen LogP contribution in [0.2, 0.25) is 0 Å². The largest absolute Gasteiger partial charge is 0.335 e. The van der Waals surface area contributed by atoms with Crippen LogP contribution in [0.4, 0.5) is 4.79 Å². The van der Waals surface area contributed by atoms with Crippen molar-refractivity contribution in [3.05, 3.63) is 0 Å². The van der Waals surface area contributed by atoms with Crippen LogP contribution in [0.25, 0.3) is 0 Å². The molecular weight excluding hydrogens is 200 g/mol. The summed E-state index contributed by atoms with van der Waals surface area (Å²) in [5.41, 5.74) is 0. The minimum Gasteiger partial charge on any atom is -0.335 e. The number of hydrogen-bond acceptors (Lipinski definition) is 1. The second-order valence-electron chi connectivity index (χ2n) is 5.77. The van der Waals surface area contributed by atoms with E-state index in [0.29, 0.717) is 12.1 Å². The number of fused-ring (bicyclic) bond motifs is 2. The molecule has 3 aliphatic rings. The van der Waals surface area contributed by atoms with Crippen molar-refractivity contribution >= 4 is 6.03 Å². The SMILES string of the molecule is O=C(NC1CCCCC1)N1CC2CCC1C2. The average Bonchev–Trinajstić information content (AvgIpc) is 2.92. The minimum atomic E-state index is 0.221. The first-order valence-corrected chi connectivity index (χ1v) is 6.90. The van der Waals surface area contributed by atoms with Crippen LogP contribution in [0.15, 0.2) is 0 Å². The zero-order valence-electron chi connectivity index (χ0n) is 9.95. The lowest BCUT2D eigenvalue weighted by Gasteiger charge is -2.30. The van der Waals surface area contributed by atoms with Gasteiger partial charge in [0, 0.05) is 18.6 Å². The summed E-state index contributed by atoms with van der Waals surface area (Å²) in [6, 6.07) is 1.24. The number of likely N-dealkylation sites (tertiary alicyclic amines) is 1. The Morgan fingerprint density at radius 3 is 2.50 bits per heavy atom.